The van der Waals surface area contributed by atoms with E-state index in [1.807, 2.05) is 6.08 Å². The summed E-state index contributed by atoms with van der Waals surface area (Å²) in [5.74, 6) is 0. The molecule has 1 rings (SSSR count). The van der Waals surface area contributed by atoms with E-state index >= 15 is 0 Å². The molecule has 0 bridgehead atoms. The third kappa shape index (κ3) is 2.08. The van der Waals surface area contributed by atoms with Gasteiger partial charge in [-0.05, 0) is 31.0 Å². The molecule has 0 spiro atoms. The molecule has 0 nitrogen and oxygen atoms in total. The quantitative estimate of drug-likeness (QED) is 0.487. The summed E-state index contributed by atoms with van der Waals surface area (Å²) in [6, 6.07) is 7.61. The fourth-order valence-corrected chi connectivity index (χ4v) is 2.17. The van der Waals surface area contributed by atoms with Gasteiger partial charge >= 0.3 is 0 Å². The Morgan fingerprint density at radius 2 is 2.17 bits per heavy atom. The second kappa shape index (κ2) is 4.26. The zero-order chi connectivity index (χ0) is 8.97. The van der Waals surface area contributed by atoms with E-state index in [0.717, 1.165) is 15.6 Å². The van der Waals surface area contributed by atoms with Crippen molar-refractivity contribution >= 4 is 14.7 Å². The van der Waals surface area contributed by atoms with Crippen LogP contribution in [0.5, 0.6) is 0 Å². The van der Waals surface area contributed by atoms with Crippen LogP contribution in [0.3, 0.4) is 0 Å². The molecule has 12 heavy (non-hydrogen) atoms. The van der Waals surface area contributed by atoms with Crippen LogP contribution in [0.1, 0.15) is 11.1 Å². The highest BCUT2D eigenvalue weighted by Gasteiger charge is 1.99. The summed E-state index contributed by atoms with van der Waals surface area (Å²) in [6.07, 6.45) is 1.99. The summed E-state index contributed by atoms with van der Waals surface area (Å²) in [7, 11) is 0.882. The van der Waals surface area contributed by atoms with Crippen molar-refractivity contribution in [3.05, 3.63) is 42.0 Å². The summed E-state index contributed by atoms with van der Waals surface area (Å²) < 4.78 is 0. The standard InChI is InChI=1S/C11H14Si/c1-4-8-12-11-7-5-6-9(2)10(11)3/h4-7H,1,8H2,2-3H3. The highest BCUT2D eigenvalue weighted by molar-refractivity contribution is 6.54. The van der Waals surface area contributed by atoms with Gasteiger partial charge < -0.3 is 0 Å². The predicted octanol–water partition coefficient (Wildman–Crippen LogP) is 2.24. The van der Waals surface area contributed by atoms with E-state index in [0.29, 0.717) is 0 Å². The number of hydrogen-bond donors (Lipinski definition) is 0. The molecule has 0 N–H and O–H groups in total. The van der Waals surface area contributed by atoms with Gasteiger partial charge in [-0.2, -0.15) is 0 Å². The molecule has 0 aliphatic heterocycles. The molecule has 2 radical (unpaired) electrons. The molecule has 0 saturated carbocycles. The van der Waals surface area contributed by atoms with Gasteiger partial charge in [0.25, 0.3) is 0 Å². The van der Waals surface area contributed by atoms with E-state index in [1.54, 1.807) is 0 Å². The number of benzene rings is 1. The van der Waals surface area contributed by atoms with Gasteiger partial charge in [0.15, 0.2) is 0 Å². The first-order valence-corrected chi connectivity index (χ1v) is 5.37. The van der Waals surface area contributed by atoms with Gasteiger partial charge in [0.2, 0.25) is 0 Å². The molecule has 0 fully saturated rings. The summed E-state index contributed by atoms with van der Waals surface area (Å²) in [5, 5.41) is 1.48. The van der Waals surface area contributed by atoms with Crippen LogP contribution in [0.2, 0.25) is 6.04 Å². The van der Waals surface area contributed by atoms with Crippen molar-refractivity contribution in [1.29, 1.82) is 0 Å². The minimum Gasteiger partial charge on any atom is -0.103 e. The summed E-state index contributed by atoms with van der Waals surface area (Å²) in [6.45, 7) is 8.09. The molecular weight excluding hydrogens is 160 g/mol. The SMILES string of the molecule is C=CC[Si]c1cccc(C)c1C. The van der Waals surface area contributed by atoms with Crippen LogP contribution in [0.25, 0.3) is 0 Å². The minimum atomic E-state index is 0.882. The predicted molar refractivity (Wildman–Crippen MR) is 56.3 cm³/mol. The maximum Gasteiger partial charge on any atom is 0.0853 e. The lowest BCUT2D eigenvalue weighted by Crippen LogP contribution is -2.17. The van der Waals surface area contributed by atoms with Crippen molar-refractivity contribution in [3.8, 4) is 0 Å². The lowest BCUT2D eigenvalue weighted by molar-refractivity contribution is 1.36. The average Bonchev–Trinajstić information content (AvgIpc) is 2.08. The maximum absolute atomic E-state index is 3.73. The normalized spacial score (nSPS) is 9.83. The Bertz CT molecular complexity index is 276. The monoisotopic (exact) mass is 174 g/mol. The van der Waals surface area contributed by atoms with Gasteiger partial charge in [0.05, 0.1) is 9.52 Å². The zero-order valence-electron chi connectivity index (χ0n) is 7.72. The molecule has 1 heteroatoms. The topological polar surface area (TPSA) is 0 Å². The summed E-state index contributed by atoms with van der Waals surface area (Å²) in [4.78, 5) is 0. The average molecular weight is 174 g/mol. The summed E-state index contributed by atoms with van der Waals surface area (Å²) >= 11 is 0. The minimum absolute atomic E-state index is 0.882. The Morgan fingerprint density at radius 1 is 1.42 bits per heavy atom. The van der Waals surface area contributed by atoms with E-state index in [-0.39, 0.29) is 0 Å². The smallest absolute Gasteiger partial charge is 0.0853 e. The van der Waals surface area contributed by atoms with Crippen LogP contribution in [-0.4, -0.2) is 9.52 Å². The van der Waals surface area contributed by atoms with Gasteiger partial charge in [0.1, 0.15) is 0 Å². The Hall–Kier alpha value is -0.823. The fourth-order valence-electron chi connectivity index (χ4n) is 1.12. The molecule has 1 aromatic rings. The van der Waals surface area contributed by atoms with E-state index in [9.17, 15) is 0 Å². The number of rotatable bonds is 3. The molecule has 0 aromatic heterocycles. The molecule has 0 aliphatic rings. The van der Waals surface area contributed by atoms with Crippen LogP contribution in [-0.2, 0) is 0 Å². The Kier molecular flexibility index (Phi) is 3.29. The third-order valence-electron chi connectivity index (χ3n) is 2.04. The van der Waals surface area contributed by atoms with Crippen LogP contribution < -0.4 is 5.19 Å². The van der Waals surface area contributed by atoms with Gasteiger partial charge in [-0.3, -0.25) is 0 Å². The summed E-state index contributed by atoms with van der Waals surface area (Å²) in [5.41, 5.74) is 2.83. The van der Waals surface area contributed by atoms with E-state index in [1.165, 1.54) is 16.3 Å². The van der Waals surface area contributed by atoms with Crippen molar-refractivity contribution < 1.29 is 0 Å². The van der Waals surface area contributed by atoms with Crippen molar-refractivity contribution in [2.75, 3.05) is 0 Å². The lowest BCUT2D eigenvalue weighted by atomic mass is 10.1. The number of aryl methyl sites for hydroxylation is 1. The Morgan fingerprint density at radius 3 is 2.83 bits per heavy atom. The van der Waals surface area contributed by atoms with Crippen LogP contribution in [0, 0.1) is 13.8 Å². The zero-order valence-corrected chi connectivity index (χ0v) is 8.72. The molecule has 1 aromatic carbocycles. The van der Waals surface area contributed by atoms with E-state index in [2.05, 4.69) is 38.6 Å². The molecule has 0 saturated heterocycles. The second-order valence-electron chi connectivity index (χ2n) is 2.92. The maximum atomic E-state index is 3.73. The number of hydrogen-bond acceptors (Lipinski definition) is 0. The Labute approximate surface area is 77.1 Å². The van der Waals surface area contributed by atoms with E-state index < -0.39 is 0 Å². The first kappa shape index (κ1) is 9.27. The van der Waals surface area contributed by atoms with Gasteiger partial charge in [0, 0.05) is 0 Å². The fraction of sp³-hybridized carbons (Fsp3) is 0.273. The van der Waals surface area contributed by atoms with Crippen LogP contribution >= 0.6 is 0 Å². The van der Waals surface area contributed by atoms with Gasteiger partial charge in [-0.15, -0.1) is 6.58 Å². The van der Waals surface area contributed by atoms with Crippen LogP contribution in [0.4, 0.5) is 0 Å². The largest absolute Gasteiger partial charge is 0.103 e. The first-order valence-electron chi connectivity index (χ1n) is 4.16. The van der Waals surface area contributed by atoms with Crippen molar-refractivity contribution in [2.45, 2.75) is 19.9 Å². The molecule has 0 unspecified atom stereocenters. The van der Waals surface area contributed by atoms with Crippen molar-refractivity contribution in [3.63, 3.8) is 0 Å². The molecular formula is C11H14Si. The highest BCUT2D eigenvalue weighted by Crippen LogP contribution is 2.02. The third-order valence-corrected chi connectivity index (χ3v) is 3.46. The van der Waals surface area contributed by atoms with Gasteiger partial charge in [-0.25, -0.2) is 0 Å². The van der Waals surface area contributed by atoms with E-state index in [4.69, 9.17) is 0 Å². The molecule has 0 heterocycles. The van der Waals surface area contributed by atoms with Crippen LogP contribution in [0.15, 0.2) is 30.9 Å². The lowest BCUT2D eigenvalue weighted by Gasteiger charge is -2.05. The molecule has 62 valence electrons. The molecule has 0 aliphatic carbocycles. The molecule has 0 atom stereocenters. The second-order valence-corrected chi connectivity index (χ2v) is 4.22. The molecule has 0 amide bonds. The van der Waals surface area contributed by atoms with Crippen molar-refractivity contribution in [1.82, 2.24) is 0 Å². The van der Waals surface area contributed by atoms with Gasteiger partial charge in [-0.1, -0.05) is 29.5 Å². The first-order chi connectivity index (χ1) is 5.75. The highest BCUT2D eigenvalue weighted by atomic mass is 28.2. The Balaban J connectivity index is 2.84. The van der Waals surface area contributed by atoms with Crippen molar-refractivity contribution in [2.24, 2.45) is 0 Å². The number of allylic oxidation sites excluding steroid dienone is 1.